The van der Waals surface area contributed by atoms with Crippen molar-refractivity contribution in [2.45, 2.75) is 43.7 Å². The maximum atomic E-state index is 13.1. The maximum absolute atomic E-state index is 13.1. The molecule has 0 saturated heterocycles. The number of rotatable bonds is 6. The van der Waals surface area contributed by atoms with Crippen molar-refractivity contribution in [3.05, 3.63) is 47.4 Å². The summed E-state index contributed by atoms with van der Waals surface area (Å²) in [6, 6.07) is 7.65. The summed E-state index contributed by atoms with van der Waals surface area (Å²) in [7, 11) is -3.75. The Morgan fingerprint density at radius 3 is 2.79 bits per heavy atom. The zero-order valence-electron chi connectivity index (χ0n) is 13.9. The van der Waals surface area contributed by atoms with Gasteiger partial charge in [0.05, 0.1) is 18.8 Å². The van der Waals surface area contributed by atoms with Crippen LogP contribution in [0.25, 0.3) is 0 Å². The van der Waals surface area contributed by atoms with Crippen LogP contribution in [0.5, 0.6) is 0 Å². The molecule has 0 fully saturated rings. The monoisotopic (exact) mass is 349 g/mol. The van der Waals surface area contributed by atoms with Gasteiger partial charge in [-0.1, -0.05) is 38.1 Å². The van der Waals surface area contributed by atoms with Crippen molar-refractivity contribution in [1.82, 2.24) is 14.3 Å². The molecule has 1 aliphatic carbocycles. The number of aromatic amines is 1. The van der Waals surface area contributed by atoms with E-state index in [0.717, 1.165) is 18.4 Å². The van der Waals surface area contributed by atoms with Crippen LogP contribution >= 0.6 is 0 Å². The first-order chi connectivity index (χ1) is 11.4. The molecule has 24 heavy (non-hydrogen) atoms. The minimum absolute atomic E-state index is 0.0668. The molecule has 1 heterocycles. The largest absolute Gasteiger partial charge is 0.395 e. The molecule has 3 rings (SSSR count). The third kappa shape index (κ3) is 2.99. The van der Waals surface area contributed by atoms with Gasteiger partial charge >= 0.3 is 0 Å². The molecule has 0 aliphatic heterocycles. The molecule has 2 aromatic rings. The minimum Gasteiger partial charge on any atom is -0.395 e. The van der Waals surface area contributed by atoms with Crippen LogP contribution in [0.15, 0.2) is 35.5 Å². The number of aromatic nitrogens is 2. The van der Waals surface area contributed by atoms with Crippen molar-refractivity contribution in [3.8, 4) is 0 Å². The normalized spacial score (nSPS) is 17.6. The SMILES string of the molecule is CC(C)c1ncc(S(=O)(=O)N(CCO)[C@@H]2CCc3ccccc32)[nH]1. The van der Waals surface area contributed by atoms with Crippen molar-refractivity contribution >= 4 is 10.0 Å². The van der Waals surface area contributed by atoms with Crippen LogP contribution in [0.4, 0.5) is 0 Å². The number of aliphatic hydroxyl groups excluding tert-OH is 1. The number of benzene rings is 1. The van der Waals surface area contributed by atoms with E-state index in [-0.39, 0.29) is 30.1 Å². The molecule has 0 saturated carbocycles. The summed E-state index contributed by atoms with van der Waals surface area (Å²) in [6.45, 7) is 3.75. The summed E-state index contributed by atoms with van der Waals surface area (Å²) < 4.78 is 27.6. The first-order valence-electron chi connectivity index (χ1n) is 8.20. The minimum atomic E-state index is -3.75. The number of aliphatic hydroxyl groups is 1. The second-order valence-corrected chi connectivity index (χ2v) is 8.24. The molecule has 0 spiro atoms. The number of nitrogens with one attached hydrogen (secondary N) is 1. The molecule has 2 N–H and O–H groups in total. The lowest BCUT2D eigenvalue weighted by molar-refractivity contribution is 0.225. The number of nitrogens with zero attached hydrogens (tertiary/aromatic N) is 2. The maximum Gasteiger partial charge on any atom is 0.260 e. The molecule has 1 atom stereocenters. The number of hydrogen-bond donors (Lipinski definition) is 2. The van der Waals surface area contributed by atoms with Gasteiger partial charge in [-0.25, -0.2) is 13.4 Å². The molecule has 6 nitrogen and oxygen atoms in total. The summed E-state index contributed by atoms with van der Waals surface area (Å²) >= 11 is 0. The number of fused-ring (bicyclic) bond motifs is 1. The van der Waals surface area contributed by atoms with E-state index in [9.17, 15) is 13.5 Å². The number of aryl methyl sites for hydroxylation is 1. The van der Waals surface area contributed by atoms with E-state index in [2.05, 4.69) is 9.97 Å². The van der Waals surface area contributed by atoms with Gasteiger partial charge in [0.15, 0.2) is 5.03 Å². The average molecular weight is 349 g/mol. The Hall–Kier alpha value is -1.70. The quantitative estimate of drug-likeness (QED) is 0.837. The predicted octanol–water partition coefficient (Wildman–Crippen LogP) is 2.20. The van der Waals surface area contributed by atoms with Gasteiger partial charge in [-0.3, -0.25) is 0 Å². The smallest absolute Gasteiger partial charge is 0.260 e. The van der Waals surface area contributed by atoms with Crippen molar-refractivity contribution in [1.29, 1.82) is 0 Å². The van der Waals surface area contributed by atoms with Crippen LogP contribution < -0.4 is 0 Å². The van der Waals surface area contributed by atoms with Crippen molar-refractivity contribution in [2.24, 2.45) is 0 Å². The Morgan fingerprint density at radius 2 is 2.12 bits per heavy atom. The Kier molecular flexibility index (Phi) is 4.76. The lowest BCUT2D eigenvalue weighted by atomic mass is 10.1. The highest BCUT2D eigenvalue weighted by atomic mass is 32.2. The molecule has 1 aromatic carbocycles. The van der Waals surface area contributed by atoms with Gasteiger partial charge in [0, 0.05) is 12.5 Å². The zero-order chi connectivity index (χ0) is 17.3. The highest BCUT2D eigenvalue weighted by molar-refractivity contribution is 7.89. The molecule has 0 radical (unpaired) electrons. The molecule has 0 unspecified atom stereocenters. The predicted molar refractivity (Wildman–Crippen MR) is 91.2 cm³/mol. The van der Waals surface area contributed by atoms with Crippen LogP contribution in [0, 0.1) is 0 Å². The summed E-state index contributed by atoms with van der Waals surface area (Å²) in [4.78, 5) is 7.09. The van der Waals surface area contributed by atoms with Crippen LogP contribution in [0.3, 0.4) is 0 Å². The van der Waals surface area contributed by atoms with Crippen molar-refractivity contribution in [3.63, 3.8) is 0 Å². The summed E-state index contributed by atoms with van der Waals surface area (Å²) in [6.07, 6.45) is 2.94. The standard InChI is InChI=1S/C17H23N3O3S/c1-12(2)17-18-11-16(19-17)24(22,23)20(9-10-21)15-8-7-13-5-3-4-6-14(13)15/h3-6,11-12,15,21H,7-10H2,1-2H3,(H,18,19)/t15-/m1/s1. The molecule has 130 valence electrons. The Labute approximate surface area is 142 Å². The fourth-order valence-corrected chi connectivity index (χ4v) is 4.79. The van der Waals surface area contributed by atoms with Gasteiger partial charge < -0.3 is 10.1 Å². The van der Waals surface area contributed by atoms with Crippen LogP contribution in [-0.2, 0) is 16.4 Å². The van der Waals surface area contributed by atoms with Gasteiger partial charge in [0.1, 0.15) is 5.82 Å². The van der Waals surface area contributed by atoms with Crippen molar-refractivity contribution < 1.29 is 13.5 Å². The first-order valence-corrected chi connectivity index (χ1v) is 9.64. The Morgan fingerprint density at radius 1 is 1.38 bits per heavy atom. The van der Waals surface area contributed by atoms with E-state index in [1.807, 2.05) is 38.1 Å². The molecule has 7 heteroatoms. The summed E-state index contributed by atoms with van der Waals surface area (Å²) in [5, 5.41) is 9.50. The highest BCUT2D eigenvalue weighted by Gasteiger charge is 2.36. The molecule has 1 aliphatic rings. The fourth-order valence-electron chi connectivity index (χ4n) is 3.25. The number of hydrogen-bond acceptors (Lipinski definition) is 4. The van der Waals surface area contributed by atoms with Crippen LogP contribution in [0.2, 0.25) is 0 Å². The third-order valence-corrected chi connectivity index (χ3v) is 6.29. The van der Waals surface area contributed by atoms with E-state index < -0.39 is 10.0 Å². The van der Waals surface area contributed by atoms with Crippen molar-refractivity contribution in [2.75, 3.05) is 13.2 Å². The molecular weight excluding hydrogens is 326 g/mol. The lowest BCUT2D eigenvalue weighted by Crippen LogP contribution is -2.36. The van der Waals surface area contributed by atoms with Gasteiger partial charge in [-0.05, 0) is 24.0 Å². The van der Waals surface area contributed by atoms with Gasteiger partial charge in [-0.2, -0.15) is 4.31 Å². The zero-order valence-corrected chi connectivity index (χ0v) is 14.8. The summed E-state index contributed by atoms with van der Waals surface area (Å²) in [5.41, 5.74) is 2.20. The number of H-pyrrole nitrogens is 1. The van der Waals surface area contributed by atoms with E-state index >= 15 is 0 Å². The number of sulfonamides is 1. The van der Waals surface area contributed by atoms with Gasteiger partial charge in [-0.15, -0.1) is 0 Å². The molecule has 0 bridgehead atoms. The Balaban J connectivity index is 1.98. The molecular formula is C17H23N3O3S. The van der Waals surface area contributed by atoms with E-state index in [1.165, 1.54) is 16.1 Å². The van der Waals surface area contributed by atoms with Crippen LogP contribution in [0.1, 0.15) is 49.2 Å². The lowest BCUT2D eigenvalue weighted by Gasteiger charge is -2.27. The highest BCUT2D eigenvalue weighted by Crippen LogP contribution is 2.38. The van der Waals surface area contributed by atoms with E-state index in [4.69, 9.17) is 0 Å². The second kappa shape index (κ2) is 6.66. The topological polar surface area (TPSA) is 86.3 Å². The third-order valence-electron chi connectivity index (χ3n) is 4.47. The Bertz CT molecular complexity index is 814. The van der Waals surface area contributed by atoms with Gasteiger partial charge in [0.2, 0.25) is 0 Å². The van der Waals surface area contributed by atoms with E-state index in [0.29, 0.717) is 5.82 Å². The summed E-state index contributed by atoms with van der Waals surface area (Å²) in [5.74, 6) is 0.761. The molecule has 0 amide bonds. The fraction of sp³-hybridized carbons (Fsp3) is 0.471. The van der Waals surface area contributed by atoms with E-state index in [1.54, 1.807) is 0 Å². The van der Waals surface area contributed by atoms with Crippen LogP contribution in [-0.4, -0.2) is 40.9 Å². The number of imidazole rings is 1. The average Bonchev–Trinajstić information content (AvgIpc) is 3.20. The second-order valence-electron chi connectivity index (χ2n) is 6.38. The van der Waals surface area contributed by atoms with Gasteiger partial charge in [0.25, 0.3) is 10.0 Å². The first kappa shape index (κ1) is 17.1. The molecule has 1 aromatic heterocycles.